The molecule has 1 aliphatic heterocycles. The first-order valence-corrected chi connectivity index (χ1v) is 10.6. The van der Waals surface area contributed by atoms with E-state index in [0.717, 1.165) is 5.56 Å². The maximum absolute atomic E-state index is 11.6. The van der Waals surface area contributed by atoms with Gasteiger partial charge in [0, 0.05) is 12.5 Å². The van der Waals surface area contributed by atoms with Crippen molar-refractivity contribution in [2.45, 2.75) is 50.5 Å². The molecule has 1 saturated heterocycles. The maximum atomic E-state index is 11.6. The first-order chi connectivity index (χ1) is 15.8. The number of esters is 1. The third-order valence-corrected chi connectivity index (χ3v) is 5.06. The van der Waals surface area contributed by atoms with E-state index in [0.29, 0.717) is 12.0 Å². The molecule has 0 amide bonds. The van der Waals surface area contributed by atoms with E-state index in [1.165, 1.54) is 12.1 Å². The molecule has 0 bridgehead atoms. The van der Waals surface area contributed by atoms with Crippen molar-refractivity contribution in [3.05, 3.63) is 53.6 Å². The zero-order valence-corrected chi connectivity index (χ0v) is 18.1. The minimum atomic E-state index is -1.59. The fourth-order valence-electron chi connectivity index (χ4n) is 3.28. The quantitative estimate of drug-likeness (QED) is 0.294. The van der Waals surface area contributed by atoms with E-state index in [4.69, 9.17) is 14.2 Å². The Morgan fingerprint density at radius 1 is 0.939 bits per heavy atom. The first-order valence-electron chi connectivity index (χ1n) is 10.6. The Morgan fingerprint density at radius 2 is 1.64 bits per heavy atom. The SMILES string of the molecule is CCCC(=O)OCC1OC(Oc2cc(O)cc(/C=C/c3ccc(O)cc3)c2)C(O)C(O)C1O. The Balaban J connectivity index is 1.71. The number of carbonyl (C=O) groups is 1. The van der Waals surface area contributed by atoms with Gasteiger partial charge in [0.05, 0.1) is 0 Å². The molecule has 33 heavy (non-hydrogen) atoms. The summed E-state index contributed by atoms with van der Waals surface area (Å²) in [6.07, 6.45) is -2.86. The number of hydrogen-bond acceptors (Lipinski definition) is 9. The summed E-state index contributed by atoms with van der Waals surface area (Å²) in [4.78, 5) is 11.6. The minimum absolute atomic E-state index is 0.103. The Bertz CT molecular complexity index is 957. The van der Waals surface area contributed by atoms with Crippen LogP contribution < -0.4 is 4.74 Å². The number of carbonyl (C=O) groups excluding carboxylic acids is 1. The van der Waals surface area contributed by atoms with Crippen molar-refractivity contribution in [1.29, 1.82) is 0 Å². The molecule has 2 aromatic rings. The molecule has 0 aromatic heterocycles. The minimum Gasteiger partial charge on any atom is -0.508 e. The topological polar surface area (TPSA) is 146 Å². The first kappa shape index (κ1) is 24.5. The van der Waals surface area contributed by atoms with Crippen LogP contribution in [-0.4, -0.2) is 68.8 Å². The van der Waals surface area contributed by atoms with Crippen molar-refractivity contribution in [1.82, 2.24) is 0 Å². The zero-order valence-electron chi connectivity index (χ0n) is 18.1. The van der Waals surface area contributed by atoms with Crippen molar-refractivity contribution in [3.8, 4) is 17.2 Å². The van der Waals surface area contributed by atoms with Gasteiger partial charge in [-0.3, -0.25) is 4.79 Å². The van der Waals surface area contributed by atoms with Crippen molar-refractivity contribution in [2.75, 3.05) is 6.61 Å². The lowest BCUT2D eigenvalue weighted by Gasteiger charge is -2.39. The second kappa shape index (κ2) is 11.2. The summed E-state index contributed by atoms with van der Waals surface area (Å²) in [7, 11) is 0. The van der Waals surface area contributed by atoms with Gasteiger partial charge in [0.15, 0.2) is 0 Å². The number of phenolic OH excluding ortho intramolecular Hbond substituents is 2. The van der Waals surface area contributed by atoms with E-state index in [1.807, 2.05) is 6.92 Å². The number of rotatable bonds is 8. The summed E-state index contributed by atoms with van der Waals surface area (Å²) < 4.78 is 16.3. The molecule has 9 heteroatoms. The molecule has 0 radical (unpaired) electrons. The number of ether oxygens (including phenoxy) is 3. The van der Waals surface area contributed by atoms with Crippen LogP contribution in [0.4, 0.5) is 0 Å². The van der Waals surface area contributed by atoms with Crippen LogP contribution in [0.5, 0.6) is 17.2 Å². The molecule has 5 unspecified atom stereocenters. The number of aromatic hydroxyl groups is 2. The van der Waals surface area contributed by atoms with Crippen molar-refractivity contribution in [3.63, 3.8) is 0 Å². The van der Waals surface area contributed by atoms with Crippen LogP contribution in [0.1, 0.15) is 30.9 Å². The smallest absolute Gasteiger partial charge is 0.305 e. The van der Waals surface area contributed by atoms with Gasteiger partial charge in [0.1, 0.15) is 48.3 Å². The Morgan fingerprint density at radius 3 is 2.33 bits per heavy atom. The zero-order chi connectivity index (χ0) is 24.0. The summed E-state index contributed by atoms with van der Waals surface area (Å²) in [5.41, 5.74) is 1.40. The molecule has 0 aliphatic carbocycles. The van der Waals surface area contributed by atoms with E-state index in [2.05, 4.69) is 0 Å². The molecule has 0 spiro atoms. The summed E-state index contributed by atoms with van der Waals surface area (Å²) >= 11 is 0. The second-order valence-corrected chi connectivity index (χ2v) is 7.75. The summed E-state index contributed by atoms with van der Waals surface area (Å²) in [6, 6.07) is 10.9. The van der Waals surface area contributed by atoms with E-state index >= 15 is 0 Å². The molecule has 9 nitrogen and oxygen atoms in total. The number of hydrogen-bond donors (Lipinski definition) is 5. The molecule has 3 rings (SSSR count). The van der Waals surface area contributed by atoms with Crippen LogP contribution in [0.3, 0.4) is 0 Å². The van der Waals surface area contributed by atoms with Gasteiger partial charge < -0.3 is 39.7 Å². The van der Waals surface area contributed by atoms with E-state index in [9.17, 15) is 30.3 Å². The van der Waals surface area contributed by atoms with Gasteiger partial charge in [-0.15, -0.1) is 0 Å². The molecular formula is C24H28O9. The molecule has 1 heterocycles. The van der Waals surface area contributed by atoms with Gasteiger partial charge in [-0.25, -0.2) is 0 Å². The predicted octanol–water partition coefficient (Wildman–Crippen LogP) is 1.80. The summed E-state index contributed by atoms with van der Waals surface area (Å²) in [5.74, 6) is -0.273. The molecule has 5 atom stereocenters. The molecule has 1 aliphatic rings. The fourth-order valence-corrected chi connectivity index (χ4v) is 3.28. The third-order valence-electron chi connectivity index (χ3n) is 5.06. The third kappa shape index (κ3) is 6.69. The maximum Gasteiger partial charge on any atom is 0.305 e. The lowest BCUT2D eigenvalue weighted by atomic mass is 9.99. The van der Waals surface area contributed by atoms with E-state index in [-0.39, 0.29) is 30.3 Å². The van der Waals surface area contributed by atoms with Gasteiger partial charge in [-0.05, 0) is 41.8 Å². The van der Waals surface area contributed by atoms with E-state index in [1.54, 1.807) is 42.5 Å². The second-order valence-electron chi connectivity index (χ2n) is 7.75. The van der Waals surface area contributed by atoms with Crippen LogP contribution in [0.2, 0.25) is 0 Å². The normalized spacial score (nSPS) is 25.2. The largest absolute Gasteiger partial charge is 0.508 e. The highest BCUT2D eigenvalue weighted by Crippen LogP contribution is 2.28. The van der Waals surface area contributed by atoms with Crippen molar-refractivity contribution in [2.24, 2.45) is 0 Å². The van der Waals surface area contributed by atoms with Gasteiger partial charge in [0.2, 0.25) is 6.29 Å². The standard InChI is InChI=1S/C24H28O9/c1-2-3-20(27)31-13-19-21(28)22(29)23(30)24(33-19)32-18-11-15(10-17(26)12-18)5-4-14-6-8-16(25)9-7-14/h4-12,19,21-26,28-30H,2-3,13H2,1H3/b5-4+. The summed E-state index contributed by atoms with van der Waals surface area (Å²) in [6.45, 7) is 1.50. The van der Waals surface area contributed by atoms with Gasteiger partial charge in [-0.1, -0.05) is 31.2 Å². The number of benzene rings is 2. The van der Waals surface area contributed by atoms with Gasteiger partial charge >= 0.3 is 5.97 Å². The monoisotopic (exact) mass is 460 g/mol. The molecule has 2 aromatic carbocycles. The van der Waals surface area contributed by atoms with Crippen molar-refractivity contribution < 1.29 is 44.5 Å². The highest BCUT2D eigenvalue weighted by atomic mass is 16.7. The van der Waals surface area contributed by atoms with Crippen molar-refractivity contribution >= 4 is 18.1 Å². The van der Waals surface area contributed by atoms with Crippen LogP contribution in [0.25, 0.3) is 12.2 Å². The summed E-state index contributed by atoms with van der Waals surface area (Å²) in [5, 5.41) is 50.1. The molecule has 5 N–H and O–H groups in total. The number of aliphatic hydroxyl groups is 3. The van der Waals surface area contributed by atoms with E-state index < -0.39 is 36.7 Å². The fraction of sp³-hybridized carbons (Fsp3) is 0.375. The predicted molar refractivity (Wildman–Crippen MR) is 118 cm³/mol. The molecule has 0 saturated carbocycles. The number of aliphatic hydroxyl groups excluding tert-OH is 3. The average molecular weight is 460 g/mol. The molecule has 1 fully saturated rings. The average Bonchev–Trinajstić information content (AvgIpc) is 2.78. The van der Waals surface area contributed by atoms with Crippen LogP contribution in [-0.2, 0) is 14.3 Å². The lowest BCUT2D eigenvalue weighted by Crippen LogP contribution is -2.60. The number of phenols is 2. The van der Waals surface area contributed by atoms with Crippen LogP contribution in [0.15, 0.2) is 42.5 Å². The van der Waals surface area contributed by atoms with Gasteiger partial charge in [0.25, 0.3) is 0 Å². The Hall–Kier alpha value is -3.11. The van der Waals surface area contributed by atoms with Gasteiger partial charge in [-0.2, -0.15) is 0 Å². The van der Waals surface area contributed by atoms with Crippen LogP contribution in [0, 0.1) is 0 Å². The highest BCUT2D eigenvalue weighted by Gasteiger charge is 2.45. The molecule has 178 valence electrons. The van der Waals surface area contributed by atoms with Crippen LogP contribution >= 0.6 is 0 Å². The highest BCUT2D eigenvalue weighted by molar-refractivity contribution is 5.71. The lowest BCUT2D eigenvalue weighted by molar-refractivity contribution is -0.278. The Labute approximate surface area is 191 Å². The molecular weight excluding hydrogens is 432 g/mol. The Kier molecular flexibility index (Phi) is 8.29.